The Kier molecular flexibility index (Phi) is 9.65. The SMILES string of the molecule is CC(Cl)S(=O)(=O)c1cccc(CC2(Cc3cccc(S(=O)(=O)C(C)Cl)c3)C(CN3CCNCC3)=CC=C3C(=O)N=CN=C32)c1. The van der Waals surface area contributed by atoms with E-state index in [-0.39, 0.29) is 22.6 Å². The quantitative estimate of drug-likeness (QED) is 0.378. The van der Waals surface area contributed by atoms with E-state index in [1.807, 2.05) is 18.2 Å². The lowest BCUT2D eigenvalue weighted by Gasteiger charge is -2.43. The molecule has 0 bridgehead atoms. The number of alkyl halides is 2. The van der Waals surface area contributed by atoms with E-state index in [1.54, 1.807) is 30.3 Å². The van der Waals surface area contributed by atoms with Crippen LogP contribution in [0.15, 0.2) is 91.6 Å². The number of aliphatic imine (C=N–C) groups is 2. The fourth-order valence-corrected chi connectivity index (χ4v) is 8.45. The van der Waals surface area contributed by atoms with Crippen molar-refractivity contribution in [1.29, 1.82) is 0 Å². The summed E-state index contributed by atoms with van der Waals surface area (Å²) in [6.07, 6.45) is 5.51. The van der Waals surface area contributed by atoms with Crippen LogP contribution in [-0.2, 0) is 37.3 Å². The van der Waals surface area contributed by atoms with Gasteiger partial charge in [0.25, 0.3) is 5.91 Å². The molecule has 0 radical (unpaired) electrons. The molecule has 44 heavy (non-hydrogen) atoms. The highest BCUT2D eigenvalue weighted by atomic mass is 35.5. The van der Waals surface area contributed by atoms with Gasteiger partial charge < -0.3 is 5.32 Å². The minimum Gasteiger partial charge on any atom is -0.314 e. The first-order valence-electron chi connectivity index (χ1n) is 14.3. The van der Waals surface area contributed by atoms with E-state index in [0.29, 0.717) is 29.0 Å². The number of nitrogens with one attached hydrogen (secondary N) is 1. The van der Waals surface area contributed by atoms with Gasteiger partial charge >= 0.3 is 0 Å². The van der Waals surface area contributed by atoms with Crippen molar-refractivity contribution in [2.75, 3.05) is 32.7 Å². The van der Waals surface area contributed by atoms with Gasteiger partial charge in [-0.2, -0.15) is 4.99 Å². The Morgan fingerprint density at radius 3 is 1.95 bits per heavy atom. The van der Waals surface area contributed by atoms with Crippen LogP contribution in [0.1, 0.15) is 25.0 Å². The molecule has 1 N–H and O–H groups in total. The van der Waals surface area contributed by atoms with Crippen LogP contribution in [0, 0.1) is 5.41 Å². The Morgan fingerprint density at radius 2 is 1.43 bits per heavy atom. The average molecular weight is 678 g/mol. The lowest BCUT2D eigenvalue weighted by atomic mass is 9.63. The molecule has 5 rings (SSSR count). The predicted octanol–water partition coefficient (Wildman–Crippen LogP) is 3.96. The summed E-state index contributed by atoms with van der Waals surface area (Å²) in [6.45, 7) is 6.72. The zero-order valence-corrected chi connectivity index (χ0v) is 27.6. The normalized spacial score (nSPS) is 22.5. The maximum atomic E-state index is 13.1. The molecule has 0 spiro atoms. The summed E-state index contributed by atoms with van der Waals surface area (Å²) in [6, 6.07) is 13.3. The number of nitrogens with zero attached hydrogens (tertiary/aromatic N) is 3. The Bertz CT molecular complexity index is 1710. The molecule has 3 aliphatic rings. The Morgan fingerprint density at radius 1 is 0.886 bits per heavy atom. The predicted molar refractivity (Wildman–Crippen MR) is 174 cm³/mol. The molecule has 2 aromatic carbocycles. The van der Waals surface area contributed by atoms with Gasteiger partial charge in [0.2, 0.25) is 0 Å². The molecule has 13 heteroatoms. The van der Waals surface area contributed by atoms with Gasteiger partial charge in [-0.05, 0) is 73.7 Å². The van der Waals surface area contributed by atoms with E-state index < -0.39 is 40.4 Å². The fraction of sp³-hybridized carbons (Fsp3) is 0.387. The van der Waals surface area contributed by atoms with Crippen LogP contribution in [0.25, 0.3) is 0 Å². The van der Waals surface area contributed by atoms with E-state index in [4.69, 9.17) is 23.2 Å². The highest BCUT2D eigenvalue weighted by molar-refractivity contribution is 7.93. The fourth-order valence-electron chi connectivity index (χ4n) is 5.91. The summed E-state index contributed by atoms with van der Waals surface area (Å²) in [7, 11) is -7.56. The van der Waals surface area contributed by atoms with Crippen molar-refractivity contribution in [2.45, 2.75) is 45.9 Å². The number of carbonyl (C=O) groups excluding carboxylic acids is 1. The summed E-state index contributed by atoms with van der Waals surface area (Å²) in [4.78, 5) is 24.2. The van der Waals surface area contributed by atoms with Gasteiger partial charge in [-0.3, -0.25) is 9.69 Å². The second kappa shape index (κ2) is 13.0. The van der Waals surface area contributed by atoms with Crippen molar-refractivity contribution in [3.63, 3.8) is 0 Å². The number of sulfone groups is 2. The van der Waals surface area contributed by atoms with Crippen molar-refractivity contribution in [3.05, 3.63) is 83.0 Å². The van der Waals surface area contributed by atoms with Crippen molar-refractivity contribution < 1.29 is 21.6 Å². The van der Waals surface area contributed by atoms with E-state index in [0.717, 1.165) is 31.8 Å². The van der Waals surface area contributed by atoms with Crippen molar-refractivity contribution in [2.24, 2.45) is 15.4 Å². The van der Waals surface area contributed by atoms with E-state index in [9.17, 15) is 21.6 Å². The molecule has 2 heterocycles. The standard InChI is InChI=1S/C31H34Cl2N4O5S2/c1-21(32)43(39,40)26-7-3-5-23(15-26)17-31(18-24-6-4-8-27(16-24)44(41,42)22(2)33)25(19-37-13-11-34-12-14-37)9-10-28-29(31)35-20-36-30(28)38/h3-10,15-16,20-22,34H,11-14,17-19H2,1-2H3. The molecule has 1 fully saturated rings. The number of carbonyl (C=O) groups is 1. The molecule has 9 nitrogen and oxygen atoms in total. The number of hydrogen-bond donors (Lipinski definition) is 1. The third-order valence-corrected chi connectivity index (χ3v) is 13.2. The molecule has 2 aliphatic heterocycles. The van der Waals surface area contributed by atoms with Crippen LogP contribution in [0.4, 0.5) is 0 Å². The molecule has 234 valence electrons. The first kappa shape index (κ1) is 32.7. The lowest BCUT2D eigenvalue weighted by molar-refractivity contribution is -0.114. The number of halogens is 2. The molecular weight excluding hydrogens is 643 g/mol. The zero-order valence-electron chi connectivity index (χ0n) is 24.4. The van der Waals surface area contributed by atoms with Gasteiger partial charge in [-0.1, -0.05) is 30.3 Å². The van der Waals surface area contributed by atoms with Crippen molar-refractivity contribution in [3.8, 4) is 0 Å². The number of hydrogen-bond acceptors (Lipinski definition) is 8. The monoisotopic (exact) mass is 676 g/mol. The second-order valence-electron chi connectivity index (χ2n) is 11.2. The third kappa shape index (κ3) is 6.49. The number of piperazine rings is 1. The van der Waals surface area contributed by atoms with Crippen LogP contribution in [0.3, 0.4) is 0 Å². The smallest absolute Gasteiger partial charge is 0.280 e. The number of rotatable bonds is 10. The summed E-state index contributed by atoms with van der Waals surface area (Å²) in [5, 5.41) is 3.37. The van der Waals surface area contributed by atoms with Gasteiger partial charge in [0, 0.05) is 38.1 Å². The van der Waals surface area contributed by atoms with Gasteiger partial charge in [-0.25, -0.2) is 21.8 Å². The minimum absolute atomic E-state index is 0.0965. The first-order chi connectivity index (χ1) is 20.8. The molecule has 0 aromatic heterocycles. The molecular formula is C31H34Cl2N4O5S2. The molecule has 1 amide bonds. The minimum atomic E-state index is -3.78. The third-order valence-electron chi connectivity index (χ3n) is 8.29. The van der Waals surface area contributed by atoms with E-state index in [2.05, 4.69) is 20.2 Å². The molecule has 1 aliphatic carbocycles. The topological polar surface area (TPSA) is 125 Å². The Labute approximate surface area is 268 Å². The summed E-state index contributed by atoms with van der Waals surface area (Å²) < 4.78 is 49.8. The van der Waals surface area contributed by atoms with Crippen LogP contribution < -0.4 is 5.32 Å². The lowest BCUT2D eigenvalue weighted by Crippen LogP contribution is -2.49. The molecule has 2 atom stereocenters. The molecule has 2 unspecified atom stereocenters. The second-order valence-corrected chi connectivity index (χ2v) is 17.6. The van der Waals surface area contributed by atoms with Crippen LogP contribution >= 0.6 is 23.2 Å². The molecule has 1 saturated heterocycles. The maximum absolute atomic E-state index is 13.1. The Balaban J connectivity index is 1.69. The highest BCUT2D eigenvalue weighted by Gasteiger charge is 2.46. The largest absolute Gasteiger partial charge is 0.314 e. The van der Waals surface area contributed by atoms with Crippen LogP contribution in [0.5, 0.6) is 0 Å². The molecule has 2 aromatic rings. The summed E-state index contributed by atoms with van der Waals surface area (Å²) >= 11 is 12.1. The number of benzene rings is 2. The van der Waals surface area contributed by atoms with E-state index >= 15 is 0 Å². The highest BCUT2D eigenvalue weighted by Crippen LogP contribution is 2.44. The summed E-state index contributed by atoms with van der Waals surface area (Å²) in [5.41, 5.74) is 2.30. The number of allylic oxidation sites excluding steroid dienone is 2. The van der Waals surface area contributed by atoms with Gasteiger partial charge in [0.05, 0.1) is 21.1 Å². The maximum Gasteiger partial charge on any atom is 0.280 e. The van der Waals surface area contributed by atoms with Gasteiger partial charge in [0.15, 0.2) is 19.7 Å². The summed E-state index contributed by atoms with van der Waals surface area (Å²) in [5.74, 6) is -0.420. The first-order valence-corrected chi connectivity index (χ1v) is 18.2. The Hall–Kier alpha value is -2.67. The van der Waals surface area contributed by atoms with Crippen LogP contribution in [-0.4, -0.2) is 81.8 Å². The van der Waals surface area contributed by atoms with Crippen molar-refractivity contribution >= 4 is 60.8 Å². The number of amides is 1. The van der Waals surface area contributed by atoms with Gasteiger partial charge in [-0.15, -0.1) is 23.2 Å². The van der Waals surface area contributed by atoms with Crippen LogP contribution in [0.2, 0.25) is 0 Å². The molecule has 0 saturated carbocycles. The van der Waals surface area contributed by atoms with Gasteiger partial charge in [0.1, 0.15) is 15.8 Å². The van der Waals surface area contributed by atoms with E-state index in [1.165, 1.54) is 32.3 Å². The average Bonchev–Trinajstić information content (AvgIpc) is 2.99. The van der Waals surface area contributed by atoms with Crippen molar-refractivity contribution in [1.82, 2.24) is 10.2 Å². The number of fused-ring (bicyclic) bond motifs is 1. The zero-order chi connectivity index (χ0) is 31.7.